The Hall–Kier alpha value is -3.67. The maximum Gasteiger partial charge on any atom is 0.343 e. The third kappa shape index (κ3) is 2.99. The van der Waals surface area contributed by atoms with Crippen molar-refractivity contribution in [1.29, 1.82) is 0 Å². The summed E-state index contributed by atoms with van der Waals surface area (Å²) in [6.45, 7) is 0. The predicted molar refractivity (Wildman–Crippen MR) is 107 cm³/mol. The molecule has 1 aromatic heterocycles. The first-order valence-electron chi connectivity index (χ1n) is 8.67. The van der Waals surface area contributed by atoms with E-state index in [9.17, 15) is 4.79 Å². The van der Waals surface area contributed by atoms with E-state index in [1.807, 2.05) is 36.4 Å². The summed E-state index contributed by atoms with van der Waals surface area (Å²) in [6.07, 6.45) is 0. The number of H-pyrrole nitrogens is 1. The first kappa shape index (κ1) is 17.7. The summed E-state index contributed by atoms with van der Waals surface area (Å²) in [5.74, 6) is 1.14. The number of fused-ring (bicyclic) bond motifs is 3. The number of rotatable bonds is 5. The van der Waals surface area contributed by atoms with E-state index in [0.29, 0.717) is 28.6 Å². The van der Waals surface area contributed by atoms with Crippen LogP contribution >= 0.6 is 0 Å². The third-order valence-electron chi connectivity index (χ3n) is 4.59. The minimum absolute atomic E-state index is 0.300. The summed E-state index contributed by atoms with van der Waals surface area (Å²) in [6, 6.07) is 16.6. The standard InChI is InChI=1S/C22H19NO5/c1-25-19-10-13(11-20(26-2)21(19)27-3)22(24)28-14-8-9-18-16(12-14)15-6-4-5-7-17(15)23-18/h4-12,23H,1-3H3. The Morgan fingerprint density at radius 3 is 2.14 bits per heavy atom. The highest BCUT2D eigenvalue weighted by Crippen LogP contribution is 2.38. The van der Waals surface area contributed by atoms with Crippen molar-refractivity contribution in [2.75, 3.05) is 21.3 Å². The molecule has 0 unspecified atom stereocenters. The lowest BCUT2D eigenvalue weighted by Gasteiger charge is -2.13. The number of hydrogen-bond donors (Lipinski definition) is 1. The largest absolute Gasteiger partial charge is 0.493 e. The van der Waals surface area contributed by atoms with E-state index in [1.165, 1.54) is 21.3 Å². The highest BCUT2D eigenvalue weighted by Gasteiger charge is 2.18. The normalized spacial score (nSPS) is 10.8. The van der Waals surface area contributed by atoms with E-state index in [-0.39, 0.29) is 0 Å². The Morgan fingerprint density at radius 2 is 1.46 bits per heavy atom. The van der Waals surface area contributed by atoms with Crippen LogP contribution < -0.4 is 18.9 Å². The molecule has 4 aromatic rings. The van der Waals surface area contributed by atoms with Crippen LogP contribution in [-0.4, -0.2) is 32.3 Å². The molecule has 1 heterocycles. The van der Waals surface area contributed by atoms with E-state index in [4.69, 9.17) is 18.9 Å². The Morgan fingerprint density at radius 1 is 0.786 bits per heavy atom. The molecule has 3 aromatic carbocycles. The van der Waals surface area contributed by atoms with Gasteiger partial charge in [-0.25, -0.2) is 4.79 Å². The van der Waals surface area contributed by atoms with Gasteiger partial charge < -0.3 is 23.9 Å². The predicted octanol–water partition coefficient (Wildman–Crippen LogP) is 4.57. The van der Waals surface area contributed by atoms with Gasteiger partial charge in [0.25, 0.3) is 0 Å². The Balaban J connectivity index is 1.69. The molecule has 0 saturated carbocycles. The average molecular weight is 377 g/mol. The monoisotopic (exact) mass is 377 g/mol. The average Bonchev–Trinajstić information content (AvgIpc) is 3.10. The molecule has 0 aliphatic rings. The first-order chi connectivity index (χ1) is 13.6. The fourth-order valence-electron chi connectivity index (χ4n) is 3.26. The number of methoxy groups -OCH3 is 3. The number of aromatic amines is 1. The van der Waals surface area contributed by atoms with Gasteiger partial charge in [0, 0.05) is 21.8 Å². The summed E-state index contributed by atoms with van der Waals surface area (Å²) >= 11 is 0. The Kier molecular flexibility index (Phi) is 4.53. The minimum atomic E-state index is -0.515. The number of benzene rings is 3. The van der Waals surface area contributed by atoms with Crippen molar-refractivity contribution in [1.82, 2.24) is 4.98 Å². The van der Waals surface area contributed by atoms with Gasteiger partial charge in [-0.3, -0.25) is 0 Å². The van der Waals surface area contributed by atoms with Gasteiger partial charge in [0.15, 0.2) is 11.5 Å². The quantitative estimate of drug-likeness (QED) is 0.408. The van der Waals surface area contributed by atoms with E-state index < -0.39 is 5.97 Å². The number of ether oxygens (including phenoxy) is 4. The summed E-state index contributed by atoms with van der Waals surface area (Å²) < 4.78 is 21.5. The van der Waals surface area contributed by atoms with Crippen molar-refractivity contribution < 1.29 is 23.7 Å². The number of carbonyl (C=O) groups is 1. The van der Waals surface area contributed by atoms with Gasteiger partial charge in [-0.15, -0.1) is 0 Å². The number of hydrogen-bond acceptors (Lipinski definition) is 5. The zero-order valence-corrected chi connectivity index (χ0v) is 15.7. The summed E-state index contributed by atoms with van der Waals surface area (Å²) in [5.41, 5.74) is 2.31. The van der Waals surface area contributed by atoms with Crippen molar-refractivity contribution >= 4 is 27.8 Å². The molecular weight excluding hydrogens is 358 g/mol. The zero-order chi connectivity index (χ0) is 19.7. The molecule has 0 aliphatic carbocycles. The lowest BCUT2D eigenvalue weighted by Crippen LogP contribution is -2.09. The molecule has 142 valence electrons. The molecule has 0 bridgehead atoms. The molecular formula is C22H19NO5. The fraction of sp³-hybridized carbons (Fsp3) is 0.136. The second-order valence-corrected chi connectivity index (χ2v) is 6.18. The topological polar surface area (TPSA) is 69.8 Å². The van der Waals surface area contributed by atoms with Crippen LogP contribution in [0.1, 0.15) is 10.4 Å². The van der Waals surface area contributed by atoms with Gasteiger partial charge in [-0.1, -0.05) is 18.2 Å². The molecule has 0 radical (unpaired) electrons. The van der Waals surface area contributed by atoms with E-state index in [2.05, 4.69) is 4.98 Å². The van der Waals surface area contributed by atoms with E-state index in [1.54, 1.807) is 18.2 Å². The van der Waals surface area contributed by atoms with Gasteiger partial charge in [0.1, 0.15) is 5.75 Å². The highest BCUT2D eigenvalue weighted by molar-refractivity contribution is 6.07. The molecule has 0 aliphatic heterocycles. The van der Waals surface area contributed by atoms with Gasteiger partial charge in [-0.05, 0) is 36.4 Å². The number of esters is 1. The number of nitrogens with one attached hydrogen (secondary N) is 1. The maximum absolute atomic E-state index is 12.7. The lowest BCUT2D eigenvalue weighted by atomic mass is 10.1. The van der Waals surface area contributed by atoms with Crippen LogP contribution in [0.25, 0.3) is 21.8 Å². The number of aromatic nitrogens is 1. The molecule has 0 fully saturated rings. The van der Waals surface area contributed by atoms with Crippen LogP contribution in [0.5, 0.6) is 23.0 Å². The maximum atomic E-state index is 12.7. The second-order valence-electron chi connectivity index (χ2n) is 6.18. The molecule has 0 spiro atoms. The van der Waals surface area contributed by atoms with Crippen molar-refractivity contribution in [3.05, 3.63) is 60.2 Å². The SMILES string of the molecule is COc1cc(C(=O)Oc2ccc3[nH]c4ccccc4c3c2)cc(OC)c1OC. The third-order valence-corrected chi connectivity index (χ3v) is 4.59. The van der Waals surface area contributed by atoms with Gasteiger partial charge in [0.2, 0.25) is 5.75 Å². The van der Waals surface area contributed by atoms with Crippen molar-refractivity contribution in [3.63, 3.8) is 0 Å². The highest BCUT2D eigenvalue weighted by atomic mass is 16.5. The molecule has 1 N–H and O–H groups in total. The van der Waals surface area contributed by atoms with Crippen LogP contribution in [0.3, 0.4) is 0 Å². The van der Waals surface area contributed by atoms with Crippen molar-refractivity contribution in [2.45, 2.75) is 0 Å². The lowest BCUT2D eigenvalue weighted by molar-refractivity contribution is 0.0734. The molecule has 6 nitrogen and oxygen atoms in total. The summed E-state index contributed by atoms with van der Waals surface area (Å²) in [7, 11) is 4.50. The Bertz CT molecular complexity index is 1150. The van der Waals surface area contributed by atoms with Crippen LogP contribution in [0.4, 0.5) is 0 Å². The molecule has 0 atom stereocenters. The molecule has 28 heavy (non-hydrogen) atoms. The summed E-state index contributed by atoms with van der Waals surface area (Å²) in [5, 5.41) is 2.06. The van der Waals surface area contributed by atoms with Crippen LogP contribution in [0.2, 0.25) is 0 Å². The van der Waals surface area contributed by atoms with E-state index >= 15 is 0 Å². The molecule has 6 heteroatoms. The van der Waals surface area contributed by atoms with Gasteiger partial charge in [0.05, 0.1) is 26.9 Å². The Labute approximate surface area is 161 Å². The fourth-order valence-corrected chi connectivity index (χ4v) is 3.26. The molecule has 0 saturated heterocycles. The van der Waals surface area contributed by atoms with Gasteiger partial charge in [-0.2, -0.15) is 0 Å². The van der Waals surface area contributed by atoms with Crippen molar-refractivity contribution in [2.24, 2.45) is 0 Å². The summed E-state index contributed by atoms with van der Waals surface area (Å²) in [4.78, 5) is 16.1. The van der Waals surface area contributed by atoms with E-state index in [0.717, 1.165) is 21.8 Å². The molecule has 4 rings (SSSR count). The molecule has 0 amide bonds. The van der Waals surface area contributed by atoms with Crippen LogP contribution in [0, 0.1) is 0 Å². The van der Waals surface area contributed by atoms with Crippen LogP contribution in [-0.2, 0) is 0 Å². The number of carbonyl (C=O) groups excluding carboxylic acids is 1. The number of para-hydroxylation sites is 1. The minimum Gasteiger partial charge on any atom is -0.493 e. The first-order valence-corrected chi connectivity index (χ1v) is 8.67. The van der Waals surface area contributed by atoms with Crippen molar-refractivity contribution in [3.8, 4) is 23.0 Å². The van der Waals surface area contributed by atoms with Gasteiger partial charge >= 0.3 is 5.97 Å². The smallest absolute Gasteiger partial charge is 0.343 e. The zero-order valence-electron chi connectivity index (χ0n) is 15.7. The second kappa shape index (κ2) is 7.15. The van der Waals surface area contributed by atoms with Crippen LogP contribution in [0.15, 0.2) is 54.6 Å².